The molecule has 2 heterocycles. The van der Waals surface area contributed by atoms with Crippen molar-refractivity contribution in [2.45, 2.75) is 58.1 Å². The van der Waals surface area contributed by atoms with E-state index in [4.69, 9.17) is 0 Å². The molecular weight excluding hydrogens is 366 g/mol. The van der Waals surface area contributed by atoms with Gasteiger partial charge in [-0.15, -0.1) is 0 Å². The van der Waals surface area contributed by atoms with Gasteiger partial charge >= 0.3 is 5.97 Å². The van der Waals surface area contributed by atoms with Gasteiger partial charge in [0.25, 0.3) is 0 Å². The summed E-state index contributed by atoms with van der Waals surface area (Å²) >= 11 is 0. The third kappa shape index (κ3) is 5.19. The number of benzene rings is 1. The lowest BCUT2D eigenvalue weighted by Crippen LogP contribution is -2.55. The molecule has 0 saturated carbocycles. The number of piperidine rings is 1. The van der Waals surface area contributed by atoms with E-state index in [0.717, 1.165) is 24.4 Å². The van der Waals surface area contributed by atoms with Crippen LogP contribution in [0, 0.1) is 5.41 Å². The molecule has 0 unspecified atom stereocenters. The Morgan fingerprint density at radius 3 is 2.72 bits per heavy atom. The van der Waals surface area contributed by atoms with Gasteiger partial charge in [-0.05, 0) is 37.3 Å². The van der Waals surface area contributed by atoms with Crippen LogP contribution in [-0.2, 0) is 17.8 Å². The van der Waals surface area contributed by atoms with Crippen molar-refractivity contribution in [3.05, 3.63) is 59.7 Å². The zero-order valence-corrected chi connectivity index (χ0v) is 17.3. The maximum atomic E-state index is 12.3. The first kappa shape index (κ1) is 21.4. The monoisotopic (exact) mass is 397 g/mol. The number of carbonyl (C=O) groups is 1. The number of nitrogens with zero attached hydrogens (tertiary/aromatic N) is 3. The van der Waals surface area contributed by atoms with Gasteiger partial charge < -0.3 is 10.2 Å². The van der Waals surface area contributed by atoms with Crippen LogP contribution in [-0.4, -0.2) is 50.2 Å². The molecule has 0 bridgehead atoms. The number of hydrogen-bond donors (Lipinski definition) is 2. The van der Waals surface area contributed by atoms with Gasteiger partial charge in [0.1, 0.15) is 11.2 Å². The third-order valence-electron chi connectivity index (χ3n) is 5.85. The molecule has 6 nitrogen and oxygen atoms in total. The molecule has 0 radical (unpaired) electrons. The Morgan fingerprint density at radius 2 is 2.03 bits per heavy atom. The van der Waals surface area contributed by atoms with Crippen LogP contribution >= 0.6 is 0 Å². The van der Waals surface area contributed by atoms with Crippen LogP contribution in [0.25, 0.3) is 0 Å². The van der Waals surface area contributed by atoms with Crippen molar-refractivity contribution in [3.8, 4) is 0 Å². The number of aliphatic hydroxyl groups is 1. The largest absolute Gasteiger partial charge is 0.481 e. The lowest BCUT2D eigenvalue weighted by molar-refractivity contribution is -0.164. The van der Waals surface area contributed by atoms with Gasteiger partial charge in [-0.3, -0.25) is 9.69 Å². The molecule has 6 heteroatoms. The smallest absolute Gasteiger partial charge is 0.313 e. The average Bonchev–Trinajstić information content (AvgIpc) is 2.71. The summed E-state index contributed by atoms with van der Waals surface area (Å²) < 4.78 is 0. The summed E-state index contributed by atoms with van der Waals surface area (Å²) in [6, 6.07) is 12.0. The van der Waals surface area contributed by atoms with Gasteiger partial charge in [-0.1, -0.05) is 44.2 Å². The highest BCUT2D eigenvalue weighted by atomic mass is 16.4. The number of likely N-dealkylation sites (tertiary alicyclic amines) is 1. The molecule has 2 atom stereocenters. The topological polar surface area (TPSA) is 86.5 Å². The van der Waals surface area contributed by atoms with E-state index in [1.165, 1.54) is 5.56 Å². The number of aromatic nitrogens is 2. The molecular formula is C23H31N3O3. The standard InChI is InChI=1S/C23H31N3O3/c1-17(2)21-24-13-10-19(25-21)15-26-14-11-20(27)23(16-26,22(28)29)12-6-9-18-7-4-3-5-8-18/h3-5,7-8,10,13,17,20,27H,6,9,11-12,14-16H2,1-2H3,(H,28,29)/t20-,23-/m1/s1. The molecule has 1 aliphatic rings. The maximum Gasteiger partial charge on any atom is 0.313 e. The lowest BCUT2D eigenvalue weighted by atomic mass is 9.73. The van der Waals surface area contributed by atoms with Crippen LogP contribution < -0.4 is 0 Å². The van der Waals surface area contributed by atoms with Crippen LogP contribution in [0.2, 0.25) is 0 Å². The molecule has 0 spiro atoms. The molecule has 2 N–H and O–H groups in total. The summed E-state index contributed by atoms with van der Waals surface area (Å²) in [5.41, 5.74) is 0.946. The minimum Gasteiger partial charge on any atom is -0.481 e. The van der Waals surface area contributed by atoms with Crippen LogP contribution in [0.5, 0.6) is 0 Å². The second-order valence-electron chi connectivity index (χ2n) is 8.38. The predicted molar refractivity (Wildman–Crippen MR) is 111 cm³/mol. The zero-order chi connectivity index (χ0) is 20.9. The molecule has 2 aromatic rings. The number of aliphatic carboxylic acids is 1. The summed E-state index contributed by atoms with van der Waals surface area (Å²) in [6.07, 6.45) is 3.39. The highest BCUT2D eigenvalue weighted by Crippen LogP contribution is 2.36. The summed E-state index contributed by atoms with van der Waals surface area (Å²) in [5, 5.41) is 20.7. The second kappa shape index (κ2) is 9.46. The Labute approximate surface area is 172 Å². The van der Waals surface area contributed by atoms with Crippen molar-refractivity contribution in [1.82, 2.24) is 14.9 Å². The quantitative estimate of drug-likeness (QED) is 0.711. The van der Waals surface area contributed by atoms with Crippen LogP contribution in [0.3, 0.4) is 0 Å². The molecule has 0 amide bonds. The predicted octanol–water partition coefficient (Wildman–Crippen LogP) is 3.26. The Hall–Kier alpha value is -2.31. The summed E-state index contributed by atoms with van der Waals surface area (Å²) in [4.78, 5) is 23.3. The van der Waals surface area contributed by atoms with Gasteiger partial charge in [0.15, 0.2) is 0 Å². The maximum absolute atomic E-state index is 12.3. The van der Waals surface area contributed by atoms with E-state index in [9.17, 15) is 15.0 Å². The molecule has 1 aromatic heterocycles. The summed E-state index contributed by atoms with van der Waals surface area (Å²) in [6.45, 7) is 5.68. The van der Waals surface area contributed by atoms with E-state index in [1.54, 1.807) is 6.20 Å². The first-order valence-electron chi connectivity index (χ1n) is 10.4. The molecule has 1 aliphatic heterocycles. The molecule has 3 rings (SSSR count). The minimum absolute atomic E-state index is 0.245. The van der Waals surface area contributed by atoms with Crippen LogP contribution in [0.1, 0.15) is 56.1 Å². The first-order valence-corrected chi connectivity index (χ1v) is 10.4. The Bertz CT molecular complexity index is 812. The molecule has 0 aliphatic carbocycles. The highest BCUT2D eigenvalue weighted by Gasteiger charge is 2.48. The summed E-state index contributed by atoms with van der Waals surface area (Å²) in [7, 11) is 0. The van der Waals surface area contributed by atoms with E-state index in [-0.39, 0.29) is 5.92 Å². The van der Waals surface area contributed by atoms with Gasteiger partial charge in [-0.2, -0.15) is 0 Å². The van der Waals surface area contributed by atoms with E-state index in [0.29, 0.717) is 32.5 Å². The Kier molecular flexibility index (Phi) is 6.98. The second-order valence-corrected chi connectivity index (χ2v) is 8.38. The molecule has 156 valence electrons. The fourth-order valence-corrected chi connectivity index (χ4v) is 4.12. The molecule has 1 aromatic carbocycles. The highest BCUT2D eigenvalue weighted by molar-refractivity contribution is 5.76. The summed E-state index contributed by atoms with van der Waals surface area (Å²) in [5.74, 6) is 0.134. The van der Waals surface area contributed by atoms with Gasteiger partial charge in [-0.25, -0.2) is 9.97 Å². The first-order chi connectivity index (χ1) is 13.9. The van der Waals surface area contributed by atoms with Gasteiger partial charge in [0, 0.05) is 31.7 Å². The van der Waals surface area contributed by atoms with Crippen molar-refractivity contribution < 1.29 is 15.0 Å². The van der Waals surface area contributed by atoms with Crippen molar-refractivity contribution in [2.24, 2.45) is 5.41 Å². The number of carboxylic acid groups (broad SMARTS) is 1. The van der Waals surface area contributed by atoms with E-state index < -0.39 is 17.5 Å². The molecule has 1 fully saturated rings. The van der Waals surface area contributed by atoms with Crippen LogP contribution in [0.4, 0.5) is 0 Å². The van der Waals surface area contributed by atoms with Crippen molar-refractivity contribution in [2.75, 3.05) is 13.1 Å². The van der Waals surface area contributed by atoms with E-state index in [1.807, 2.05) is 24.3 Å². The fourth-order valence-electron chi connectivity index (χ4n) is 4.12. The normalized spacial score (nSPS) is 22.7. The number of hydrogen-bond acceptors (Lipinski definition) is 5. The minimum atomic E-state index is -1.14. The van der Waals surface area contributed by atoms with E-state index >= 15 is 0 Å². The van der Waals surface area contributed by atoms with Crippen molar-refractivity contribution in [3.63, 3.8) is 0 Å². The van der Waals surface area contributed by atoms with Gasteiger partial charge in [0.05, 0.1) is 11.8 Å². The number of aliphatic hydroxyl groups excluding tert-OH is 1. The number of rotatable bonds is 8. The molecule has 29 heavy (non-hydrogen) atoms. The van der Waals surface area contributed by atoms with Crippen molar-refractivity contribution >= 4 is 5.97 Å². The van der Waals surface area contributed by atoms with Crippen molar-refractivity contribution in [1.29, 1.82) is 0 Å². The van der Waals surface area contributed by atoms with Crippen LogP contribution in [0.15, 0.2) is 42.6 Å². The van der Waals surface area contributed by atoms with E-state index in [2.05, 4.69) is 40.8 Å². The zero-order valence-electron chi connectivity index (χ0n) is 17.3. The Balaban J connectivity index is 1.69. The third-order valence-corrected chi connectivity index (χ3v) is 5.85. The SMILES string of the molecule is CC(C)c1nccc(CN2CC[C@@H](O)[C@](CCCc3ccccc3)(C(=O)O)C2)n1. The fraction of sp³-hybridized carbons (Fsp3) is 0.522. The Morgan fingerprint density at radius 1 is 1.28 bits per heavy atom. The lowest BCUT2D eigenvalue weighted by Gasteiger charge is -2.43. The molecule has 1 saturated heterocycles. The number of carboxylic acids is 1. The number of aryl methyl sites for hydroxylation is 1. The average molecular weight is 398 g/mol. The van der Waals surface area contributed by atoms with Gasteiger partial charge in [0.2, 0.25) is 0 Å².